The van der Waals surface area contributed by atoms with Crippen LogP contribution in [0.4, 0.5) is 0 Å². The maximum atomic E-state index is 13.8. The van der Waals surface area contributed by atoms with E-state index < -0.39 is 109 Å². The zero-order valence-electron chi connectivity index (χ0n) is 33.3. The number of phenolic OH excluding ortho intramolecular Hbond substituents is 1. The summed E-state index contributed by atoms with van der Waals surface area (Å²) in [5.41, 5.74) is 5.92. The van der Waals surface area contributed by atoms with E-state index in [1.165, 1.54) is 31.2 Å². The number of aliphatic carboxylic acids is 1. The van der Waals surface area contributed by atoms with Crippen molar-refractivity contribution in [3.05, 3.63) is 29.8 Å². The minimum Gasteiger partial charge on any atom is -0.508 e. The Morgan fingerprint density at radius 2 is 1.24 bits per heavy atom. The smallest absolute Gasteiger partial charge is 0.326 e. The number of nitrogens with zero attached hydrogens (tertiary/aromatic N) is 2. The molecule has 7 atom stereocenters. The van der Waals surface area contributed by atoms with Gasteiger partial charge < -0.3 is 57.6 Å². The predicted molar refractivity (Wildman–Crippen MR) is 207 cm³/mol. The number of nitrogens with two attached hydrogens (primary N) is 1. The van der Waals surface area contributed by atoms with Crippen molar-refractivity contribution in [1.29, 1.82) is 0 Å². The van der Waals surface area contributed by atoms with Crippen LogP contribution in [-0.2, 0) is 49.6 Å². The van der Waals surface area contributed by atoms with Crippen molar-refractivity contribution in [3.8, 4) is 5.75 Å². The summed E-state index contributed by atoms with van der Waals surface area (Å²) in [6.07, 6.45) is 0.620. The Kier molecular flexibility index (Phi) is 18.2. The van der Waals surface area contributed by atoms with Crippen molar-refractivity contribution < 1.29 is 63.6 Å². The molecule has 326 valence electrons. The number of likely N-dealkylation sites (tertiary alicyclic amines) is 2. The van der Waals surface area contributed by atoms with Gasteiger partial charge in [0.1, 0.15) is 47.8 Å². The molecule has 0 unspecified atom stereocenters. The number of phenols is 1. The highest BCUT2D eigenvalue weighted by atomic mass is 16.4. The number of carbonyl (C=O) groups excluding carboxylic acids is 8. The minimum atomic E-state index is -1.72. The van der Waals surface area contributed by atoms with Crippen LogP contribution in [0.25, 0.3) is 0 Å². The highest BCUT2D eigenvalue weighted by molar-refractivity contribution is 5.98. The SMILES string of the molecule is CC(=O)CN1CCC[C@H]1C(=O)N[C@@H](Cc1ccc(O)cc1)C(=O)N[C@@H](CO)C(=O)N[C@@H](CC(N)=O)C(=O)N1CCC[C@H]1C(=O)N[C@@H](CO)C(=O)N[C@@H](CC(C)C)C(=O)O. The molecule has 2 fully saturated rings. The highest BCUT2D eigenvalue weighted by Gasteiger charge is 2.41. The molecule has 2 saturated heterocycles. The number of primary amides is 1. The molecule has 21 nitrogen and oxygen atoms in total. The Bertz CT molecular complexity index is 1710. The third-order valence-electron chi connectivity index (χ3n) is 9.91. The van der Waals surface area contributed by atoms with Gasteiger partial charge in [-0.15, -0.1) is 0 Å². The van der Waals surface area contributed by atoms with E-state index in [-0.39, 0.29) is 56.2 Å². The van der Waals surface area contributed by atoms with Gasteiger partial charge in [0.2, 0.25) is 41.4 Å². The summed E-state index contributed by atoms with van der Waals surface area (Å²) in [5, 5.41) is 51.3. The van der Waals surface area contributed by atoms with Gasteiger partial charge in [-0.2, -0.15) is 0 Å². The molecule has 2 heterocycles. The van der Waals surface area contributed by atoms with Gasteiger partial charge >= 0.3 is 5.97 Å². The second-order valence-electron chi connectivity index (χ2n) is 15.2. The monoisotopic (exact) mass is 832 g/mol. The summed E-state index contributed by atoms with van der Waals surface area (Å²) in [6.45, 7) is 3.47. The summed E-state index contributed by atoms with van der Waals surface area (Å²) in [5.74, 6) is -8.02. The molecule has 21 heteroatoms. The van der Waals surface area contributed by atoms with Crippen LogP contribution in [0.5, 0.6) is 5.75 Å². The van der Waals surface area contributed by atoms with Crippen molar-refractivity contribution in [2.45, 2.75) is 108 Å². The van der Waals surface area contributed by atoms with E-state index in [9.17, 15) is 63.6 Å². The number of Topliss-reactive ketones (excluding diaryl/α,β-unsaturated/α-hetero) is 1. The highest BCUT2D eigenvalue weighted by Crippen LogP contribution is 2.21. The van der Waals surface area contributed by atoms with Crippen LogP contribution in [0.2, 0.25) is 0 Å². The first-order valence-electron chi connectivity index (χ1n) is 19.4. The fourth-order valence-corrected chi connectivity index (χ4v) is 7.01. The van der Waals surface area contributed by atoms with Crippen LogP contribution in [0, 0.1) is 5.92 Å². The molecule has 2 aliphatic rings. The van der Waals surface area contributed by atoms with E-state index in [0.717, 1.165) is 4.90 Å². The number of aromatic hydroxyl groups is 1. The van der Waals surface area contributed by atoms with Crippen molar-refractivity contribution in [2.24, 2.45) is 11.7 Å². The first kappa shape index (κ1) is 47.7. The van der Waals surface area contributed by atoms with Crippen molar-refractivity contribution in [1.82, 2.24) is 36.4 Å². The average Bonchev–Trinajstić information content (AvgIpc) is 3.85. The van der Waals surface area contributed by atoms with Crippen molar-refractivity contribution in [2.75, 3.05) is 32.8 Å². The standard InChI is InChI=1S/C38H56N8O13/c1-20(2)14-26(38(58)59)42-34(54)28(19-48)44-36(56)30-7-5-13-46(30)37(57)25(16-31(39)51)41-33(53)27(18-47)43-32(52)24(15-22-8-10-23(50)11-9-22)40-35(55)29-6-4-12-45(29)17-21(3)49/h8-11,20,24-30,47-48,50H,4-7,12-19H2,1-3H3,(H2,39,51)(H,40,55)(H,41,53)(H,42,54)(H,43,52)(H,44,56)(H,58,59)/t24-,25-,26-,27-,28-,29-,30-/m0/s1. The number of nitrogens with one attached hydrogen (secondary N) is 5. The zero-order valence-corrected chi connectivity index (χ0v) is 33.3. The van der Waals surface area contributed by atoms with Gasteiger partial charge in [0.15, 0.2) is 0 Å². The molecule has 0 bridgehead atoms. The van der Waals surface area contributed by atoms with Gasteiger partial charge in [-0.25, -0.2) is 4.79 Å². The van der Waals surface area contributed by atoms with E-state index in [1.807, 2.05) is 0 Å². The second kappa shape index (κ2) is 22.5. The minimum absolute atomic E-state index is 0.0294. The summed E-state index contributed by atoms with van der Waals surface area (Å²) >= 11 is 0. The van der Waals surface area contributed by atoms with Crippen LogP contribution in [0.15, 0.2) is 24.3 Å². The molecule has 2 aliphatic heterocycles. The first-order valence-corrected chi connectivity index (χ1v) is 19.4. The summed E-state index contributed by atoms with van der Waals surface area (Å²) < 4.78 is 0. The maximum Gasteiger partial charge on any atom is 0.326 e. The Balaban J connectivity index is 1.75. The van der Waals surface area contributed by atoms with E-state index in [4.69, 9.17) is 5.73 Å². The number of ketones is 1. The van der Waals surface area contributed by atoms with Gasteiger partial charge in [0, 0.05) is 13.0 Å². The van der Waals surface area contributed by atoms with Gasteiger partial charge in [0.05, 0.1) is 32.2 Å². The summed E-state index contributed by atoms with van der Waals surface area (Å²) in [6, 6.07) is -3.79. The molecular formula is C38H56N8O13. The van der Waals surface area contributed by atoms with Gasteiger partial charge in [-0.1, -0.05) is 26.0 Å². The number of aliphatic hydroxyl groups excluding tert-OH is 2. The zero-order chi connectivity index (χ0) is 44.0. The van der Waals surface area contributed by atoms with Crippen molar-refractivity contribution >= 4 is 53.1 Å². The van der Waals surface area contributed by atoms with Gasteiger partial charge in [0.25, 0.3) is 0 Å². The number of benzene rings is 1. The third-order valence-corrected chi connectivity index (χ3v) is 9.91. The molecule has 0 spiro atoms. The molecular weight excluding hydrogens is 776 g/mol. The Morgan fingerprint density at radius 3 is 1.80 bits per heavy atom. The Morgan fingerprint density at radius 1 is 0.729 bits per heavy atom. The number of carbonyl (C=O) groups is 9. The van der Waals surface area contributed by atoms with E-state index in [0.29, 0.717) is 24.9 Å². The molecule has 0 aromatic heterocycles. The number of aliphatic hydroxyl groups is 2. The maximum absolute atomic E-state index is 13.8. The topological polar surface area (TPSA) is 327 Å². The number of hydrogen-bond acceptors (Lipinski definition) is 13. The predicted octanol–water partition coefficient (Wildman–Crippen LogP) is -3.61. The van der Waals surface area contributed by atoms with E-state index in [1.54, 1.807) is 18.7 Å². The number of carboxylic acid groups (broad SMARTS) is 1. The fourth-order valence-electron chi connectivity index (χ4n) is 7.01. The lowest BCUT2D eigenvalue weighted by atomic mass is 10.0. The molecule has 3 rings (SSSR count). The quantitative estimate of drug-likeness (QED) is 0.0540. The van der Waals surface area contributed by atoms with E-state index in [2.05, 4.69) is 26.6 Å². The number of rotatable bonds is 22. The summed E-state index contributed by atoms with van der Waals surface area (Å²) in [4.78, 5) is 119. The molecule has 0 saturated carbocycles. The number of hydrogen-bond donors (Lipinski definition) is 10. The molecule has 1 aromatic carbocycles. The summed E-state index contributed by atoms with van der Waals surface area (Å²) in [7, 11) is 0. The molecule has 1 aromatic rings. The van der Waals surface area contributed by atoms with Crippen LogP contribution in [0.1, 0.15) is 64.9 Å². The Labute approximate surface area is 340 Å². The molecule has 11 N–H and O–H groups in total. The largest absolute Gasteiger partial charge is 0.508 e. The molecule has 0 aliphatic carbocycles. The van der Waals surface area contributed by atoms with E-state index >= 15 is 0 Å². The number of carboxylic acids is 1. The van der Waals surface area contributed by atoms with Crippen LogP contribution in [0.3, 0.4) is 0 Å². The van der Waals surface area contributed by atoms with Gasteiger partial charge in [-0.05, 0) is 69.2 Å². The molecule has 7 amide bonds. The number of amides is 7. The van der Waals surface area contributed by atoms with Gasteiger partial charge in [-0.3, -0.25) is 43.3 Å². The average molecular weight is 833 g/mol. The Hall–Kier alpha value is -5.67. The normalized spacial score (nSPS) is 19.1. The van der Waals surface area contributed by atoms with Crippen molar-refractivity contribution in [3.63, 3.8) is 0 Å². The van der Waals surface area contributed by atoms with Crippen LogP contribution < -0.4 is 32.3 Å². The lowest BCUT2D eigenvalue weighted by Gasteiger charge is -2.30. The fraction of sp³-hybridized carbons (Fsp3) is 0.605. The third kappa shape index (κ3) is 14.3. The van der Waals surface area contributed by atoms with Crippen LogP contribution in [-0.4, -0.2) is 158 Å². The first-order chi connectivity index (χ1) is 27.8. The van der Waals surface area contributed by atoms with Crippen LogP contribution >= 0.6 is 0 Å². The molecule has 0 radical (unpaired) electrons. The lowest BCUT2D eigenvalue weighted by molar-refractivity contribution is -0.144. The lowest BCUT2D eigenvalue weighted by Crippen LogP contribution is -2.61. The molecule has 59 heavy (non-hydrogen) atoms. The second-order valence-corrected chi connectivity index (χ2v) is 15.2.